The molecular formula is C14H16F3NO2. The molecule has 20 heavy (non-hydrogen) atoms. The fraction of sp³-hybridized carbons (Fsp3) is 0.500. The summed E-state index contributed by atoms with van der Waals surface area (Å²) in [5.74, 6) is -1.20. The van der Waals surface area contributed by atoms with Gasteiger partial charge in [0, 0.05) is 6.54 Å². The maximum atomic E-state index is 12.7. The van der Waals surface area contributed by atoms with Crippen molar-refractivity contribution >= 4 is 5.91 Å². The standard InChI is InChI=1S/C14H16F3NO2/c1-8-5-9-7-18(12(19)14(15,16)17)13(2,3)10(9)6-11(8)20-4/h5-6H,7H2,1-4H3. The minimum atomic E-state index is -4.86. The van der Waals surface area contributed by atoms with Crippen LogP contribution in [0.15, 0.2) is 12.1 Å². The Balaban J connectivity index is 2.49. The number of amides is 1. The topological polar surface area (TPSA) is 29.5 Å². The molecule has 0 unspecified atom stereocenters. The van der Waals surface area contributed by atoms with Crippen LogP contribution in [0.4, 0.5) is 13.2 Å². The monoisotopic (exact) mass is 287 g/mol. The van der Waals surface area contributed by atoms with E-state index in [1.807, 2.05) is 6.92 Å². The van der Waals surface area contributed by atoms with Crippen LogP contribution < -0.4 is 4.74 Å². The van der Waals surface area contributed by atoms with E-state index in [9.17, 15) is 18.0 Å². The number of methoxy groups -OCH3 is 1. The van der Waals surface area contributed by atoms with Gasteiger partial charge in [-0.2, -0.15) is 13.2 Å². The minimum absolute atomic E-state index is 0.0362. The summed E-state index contributed by atoms with van der Waals surface area (Å²) in [6.07, 6.45) is -4.86. The number of aryl methyl sites for hydroxylation is 1. The van der Waals surface area contributed by atoms with E-state index >= 15 is 0 Å². The third-order valence-electron chi connectivity index (χ3n) is 3.77. The number of halogens is 3. The largest absolute Gasteiger partial charge is 0.496 e. The average Bonchev–Trinajstić information content (AvgIpc) is 2.57. The molecule has 1 aliphatic heterocycles. The van der Waals surface area contributed by atoms with E-state index < -0.39 is 17.6 Å². The van der Waals surface area contributed by atoms with Crippen LogP contribution in [-0.4, -0.2) is 24.1 Å². The average molecular weight is 287 g/mol. The Hall–Kier alpha value is -1.72. The number of hydrogen-bond donors (Lipinski definition) is 0. The molecule has 0 N–H and O–H groups in total. The molecule has 1 aromatic rings. The minimum Gasteiger partial charge on any atom is -0.496 e. The Morgan fingerprint density at radius 3 is 2.45 bits per heavy atom. The van der Waals surface area contributed by atoms with Crippen molar-refractivity contribution in [3.05, 3.63) is 28.8 Å². The maximum Gasteiger partial charge on any atom is 0.471 e. The number of fused-ring (bicyclic) bond motifs is 1. The van der Waals surface area contributed by atoms with Gasteiger partial charge in [-0.05, 0) is 43.5 Å². The van der Waals surface area contributed by atoms with Crippen LogP contribution >= 0.6 is 0 Å². The molecule has 1 aromatic carbocycles. The molecule has 0 fully saturated rings. The van der Waals surface area contributed by atoms with Gasteiger partial charge in [0.15, 0.2) is 0 Å². The summed E-state index contributed by atoms with van der Waals surface area (Å²) < 4.78 is 43.2. The lowest BCUT2D eigenvalue weighted by Crippen LogP contribution is -2.46. The fourth-order valence-corrected chi connectivity index (χ4v) is 2.66. The Morgan fingerprint density at radius 2 is 1.95 bits per heavy atom. The van der Waals surface area contributed by atoms with Crippen LogP contribution in [-0.2, 0) is 16.9 Å². The number of rotatable bonds is 1. The van der Waals surface area contributed by atoms with E-state index in [4.69, 9.17) is 4.74 Å². The summed E-state index contributed by atoms with van der Waals surface area (Å²) in [4.78, 5) is 12.4. The Labute approximate surface area is 115 Å². The van der Waals surface area contributed by atoms with Gasteiger partial charge in [0.25, 0.3) is 0 Å². The van der Waals surface area contributed by atoms with Crippen LogP contribution in [0.2, 0.25) is 0 Å². The number of benzene rings is 1. The predicted octanol–water partition coefficient (Wildman–Crippen LogP) is 3.14. The molecule has 1 amide bonds. The van der Waals surface area contributed by atoms with Crippen LogP contribution in [0.5, 0.6) is 5.75 Å². The van der Waals surface area contributed by atoms with E-state index in [1.54, 1.807) is 26.0 Å². The quantitative estimate of drug-likeness (QED) is 0.794. The first-order valence-electron chi connectivity index (χ1n) is 6.16. The van der Waals surface area contributed by atoms with E-state index in [-0.39, 0.29) is 6.54 Å². The summed E-state index contributed by atoms with van der Waals surface area (Å²) in [5, 5.41) is 0. The van der Waals surface area contributed by atoms with Crippen molar-refractivity contribution in [3.63, 3.8) is 0 Å². The Morgan fingerprint density at radius 1 is 1.35 bits per heavy atom. The summed E-state index contributed by atoms with van der Waals surface area (Å²) in [5.41, 5.74) is 1.25. The molecule has 6 heteroatoms. The number of carbonyl (C=O) groups excluding carboxylic acids is 1. The lowest BCUT2D eigenvalue weighted by Gasteiger charge is -2.33. The third-order valence-corrected chi connectivity index (χ3v) is 3.77. The van der Waals surface area contributed by atoms with Gasteiger partial charge < -0.3 is 9.64 Å². The predicted molar refractivity (Wildman–Crippen MR) is 67.4 cm³/mol. The fourth-order valence-electron chi connectivity index (χ4n) is 2.66. The van der Waals surface area contributed by atoms with Gasteiger partial charge in [0.1, 0.15) is 5.75 Å². The van der Waals surface area contributed by atoms with Crippen molar-refractivity contribution in [1.29, 1.82) is 0 Å². The van der Waals surface area contributed by atoms with Crippen molar-refractivity contribution < 1.29 is 22.7 Å². The van der Waals surface area contributed by atoms with Gasteiger partial charge in [0.05, 0.1) is 12.6 Å². The molecule has 0 atom stereocenters. The van der Waals surface area contributed by atoms with Gasteiger partial charge in [0.2, 0.25) is 0 Å². The highest BCUT2D eigenvalue weighted by Crippen LogP contribution is 2.43. The summed E-state index contributed by atoms with van der Waals surface area (Å²) in [6, 6.07) is 3.49. The van der Waals surface area contributed by atoms with E-state index in [2.05, 4.69) is 0 Å². The molecule has 1 aliphatic rings. The van der Waals surface area contributed by atoms with Crippen molar-refractivity contribution in [2.75, 3.05) is 7.11 Å². The zero-order valence-corrected chi connectivity index (χ0v) is 11.8. The zero-order valence-electron chi connectivity index (χ0n) is 11.8. The molecule has 0 aromatic heterocycles. The number of carbonyl (C=O) groups is 1. The van der Waals surface area contributed by atoms with Crippen LogP contribution in [0.1, 0.15) is 30.5 Å². The summed E-state index contributed by atoms with van der Waals surface area (Å²) in [7, 11) is 1.51. The third kappa shape index (κ3) is 2.13. The van der Waals surface area contributed by atoms with Crippen molar-refractivity contribution in [1.82, 2.24) is 4.90 Å². The van der Waals surface area contributed by atoms with E-state index in [1.165, 1.54) is 7.11 Å². The molecule has 3 nitrogen and oxygen atoms in total. The SMILES string of the molecule is COc1cc2c(cc1C)CN(C(=O)C(F)(F)F)C2(C)C. The normalized spacial score (nSPS) is 17.1. The molecule has 0 saturated carbocycles. The maximum absolute atomic E-state index is 12.7. The second-order valence-electron chi connectivity index (χ2n) is 5.43. The number of hydrogen-bond acceptors (Lipinski definition) is 2. The molecule has 110 valence electrons. The zero-order chi connectivity index (χ0) is 15.3. The molecule has 0 saturated heterocycles. The smallest absolute Gasteiger partial charge is 0.471 e. The highest BCUT2D eigenvalue weighted by molar-refractivity contribution is 5.83. The Kier molecular flexibility index (Phi) is 3.23. The molecule has 0 radical (unpaired) electrons. The van der Waals surface area contributed by atoms with Crippen molar-refractivity contribution in [2.45, 2.75) is 39.0 Å². The van der Waals surface area contributed by atoms with Crippen LogP contribution in [0.3, 0.4) is 0 Å². The first kappa shape index (κ1) is 14.7. The molecule has 0 spiro atoms. The van der Waals surface area contributed by atoms with E-state index in [0.717, 1.165) is 16.0 Å². The number of nitrogens with zero attached hydrogens (tertiary/aromatic N) is 1. The highest BCUT2D eigenvalue weighted by atomic mass is 19.4. The first-order chi connectivity index (χ1) is 9.09. The van der Waals surface area contributed by atoms with Gasteiger partial charge in [-0.3, -0.25) is 4.79 Å². The molecule has 2 rings (SSSR count). The van der Waals surface area contributed by atoms with Crippen LogP contribution in [0, 0.1) is 6.92 Å². The van der Waals surface area contributed by atoms with Gasteiger partial charge in [-0.15, -0.1) is 0 Å². The highest BCUT2D eigenvalue weighted by Gasteiger charge is 2.50. The molecule has 0 aliphatic carbocycles. The summed E-state index contributed by atoms with van der Waals surface area (Å²) >= 11 is 0. The molecule has 1 heterocycles. The second-order valence-corrected chi connectivity index (χ2v) is 5.43. The van der Waals surface area contributed by atoms with Crippen molar-refractivity contribution in [3.8, 4) is 5.75 Å². The van der Waals surface area contributed by atoms with Gasteiger partial charge >= 0.3 is 12.1 Å². The lowest BCUT2D eigenvalue weighted by molar-refractivity contribution is -0.191. The first-order valence-corrected chi connectivity index (χ1v) is 6.16. The van der Waals surface area contributed by atoms with E-state index in [0.29, 0.717) is 11.3 Å². The number of alkyl halides is 3. The Bertz CT molecular complexity index is 564. The van der Waals surface area contributed by atoms with Crippen molar-refractivity contribution in [2.24, 2.45) is 0 Å². The molecular weight excluding hydrogens is 271 g/mol. The van der Waals surface area contributed by atoms with Gasteiger partial charge in [-0.25, -0.2) is 0 Å². The summed E-state index contributed by atoms with van der Waals surface area (Å²) in [6.45, 7) is 5.00. The number of ether oxygens (including phenoxy) is 1. The van der Waals surface area contributed by atoms with Gasteiger partial charge in [-0.1, -0.05) is 6.07 Å². The molecule has 0 bridgehead atoms. The second kappa shape index (κ2) is 4.40. The lowest BCUT2D eigenvalue weighted by atomic mass is 9.92. The van der Waals surface area contributed by atoms with Crippen LogP contribution in [0.25, 0.3) is 0 Å².